The smallest absolute Gasteiger partial charge is 0.146 e. The first-order valence-corrected chi connectivity index (χ1v) is 12.6. The molecule has 0 atom stereocenters. The average molecular weight is 479 g/mol. The van der Waals surface area contributed by atoms with Crippen LogP contribution in [-0.2, 0) is 10.8 Å². The minimum Gasteiger partial charge on any atom is -0.353 e. The third-order valence-corrected chi connectivity index (χ3v) is 6.99. The summed E-state index contributed by atoms with van der Waals surface area (Å²) < 4.78 is 17.0. The monoisotopic (exact) mass is 478 g/mol. The van der Waals surface area contributed by atoms with Gasteiger partial charge in [-0.2, -0.15) is 0 Å². The van der Waals surface area contributed by atoms with Crippen molar-refractivity contribution in [1.82, 2.24) is 4.57 Å². The van der Waals surface area contributed by atoms with E-state index >= 15 is 0 Å². The molecule has 0 radical (unpaired) electrons. The molecule has 1 N–H and O–H groups in total. The van der Waals surface area contributed by atoms with Crippen LogP contribution in [0.1, 0.15) is 58.2 Å². The Kier molecular flexibility index (Phi) is 5.70. The number of aromatic nitrogens is 1. The second-order valence-electron chi connectivity index (χ2n) is 12.0. The van der Waals surface area contributed by atoms with Crippen molar-refractivity contribution in [3.05, 3.63) is 101 Å². The Morgan fingerprint density at radius 3 is 1.94 bits per heavy atom. The second kappa shape index (κ2) is 8.51. The molecule has 4 aromatic carbocycles. The van der Waals surface area contributed by atoms with Gasteiger partial charge >= 0.3 is 0 Å². The maximum atomic E-state index is 14.6. The van der Waals surface area contributed by atoms with Crippen molar-refractivity contribution in [3.63, 3.8) is 0 Å². The number of nitrogens with one attached hydrogen (secondary N) is 1. The zero-order valence-corrected chi connectivity index (χ0v) is 22.3. The number of hydrogen-bond donors (Lipinski definition) is 1. The van der Waals surface area contributed by atoms with Gasteiger partial charge in [0, 0.05) is 22.1 Å². The molecule has 5 rings (SSSR count). The number of rotatable bonds is 3. The molecule has 1 heterocycles. The highest BCUT2D eigenvalue weighted by Crippen LogP contribution is 2.37. The normalized spacial score (nSPS) is 12.4. The molecule has 0 aliphatic heterocycles. The Morgan fingerprint density at radius 2 is 1.31 bits per heavy atom. The van der Waals surface area contributed by atoms with E-state index < -0.39 is 0 Å². The molecule has 0 fully saturated rings. The zero-order valence-electron chi connectivity index (χ0n) is 22.3. The number of hydrogen-bond acceptors (Lipinski definition) is 1. The molecule has 0 saturated heterocycles. The van der Waals surface area contributed by atoms with E-state index in [9.17, 15) is 4.39 Å². The first-order valence-electron chi connectivity index (χ1n) is 12.6. The lowest BCUT2D eigenvalue weighted by atomic mass is 9.80. The fourth-order valence-corrected chi connectivity index (χ4v) is 4.81. The fraction of sp³-hybridized carbons (Fsp3) is 0.273. The number of nitrogens with zero attached hydrogens (tertiary/aromatic N) is 1. The van der Waals surface area contributed by atoms with Crippen LogP contribution in [0.2, 0.25) is 0 Å². The van der Waals surface area contributed by atoms with E-state index in [0.29, 0.717) is 5.69 Å². The molecular weight excluding hydrogens is 443 g/mol. The van der Waals surface area contributed by atoms with Crippen LogP contribution < -0.4 is 5.32 Å². The number of halogens is 1. The summed E-state index contributed by atoms with van der Waals surface area (Å²) in [5.41, 5.74) is 8.31. The van der Waals surface area contributed by atoms with E-state index in [1.165, 1.54) is 21.9 Å². The van der Waals surface area contributed by atoms with Gasteiger partial charge in [0.1, 0.15) is 5.82 Å². The van der Waals surface area contributed by atoms with E-state index in [1.807, 2.05) is 19.1 Å². The van der Waals surface area contributed by atoms with Crippen LogP contribution in [0, 0.1) is 12.7 Å². The van der Waals surface area contributed by atoms with Gasteiger partial charge in [-0.1, -0.05) is 77.9 Å². The third-order valence-electron chi connectivity index (χ3n) is 6.99. The van der Waals surface area contributed by atoms with Crippen molar-refractivity contribution in [2.24, 2.45) is 0 Å². The van der Waals surface area contributed by atoms with Crippen LogP contribution in [-0.4, -0.2) is 4.57 Å². The number of aryl methyl sites for hydroxylation is 1. The molecule has 184 valence electrons. The molecule has 0 aliphatic rings. The molecule has 2 nitrogen and oxygen atoms in total. The predicted octanol–water partition coefficient (Wildman–Crippen LogP) is 9.57. The van der Waals surface area contributed by atoms with E-state index in [-0.39, 0.29) is 16.6 Å². The van der Waals surface area contributed by atoms with Gasteiger partial charge in [-0.25, -0.2) is 4.39 Å². The molecule has 0 amide bonds. The highest BCUT2D eigenvalue weighted by Gasteiger charge is 2.22. The van der Waals surface area contributed by atoms with E-state index in [1.54, 1.807) is 12.1 Å². The molecule has 0 saturated carbocycles. The van der Waals surface area contributed by atoms with Gasteiger partial charge in [0.2, 0.25) is 0 Å². The maximum Gasteiger partial charge on any atom is 0.146 e. The average Bonchev–Trinajstić information content (AvgIpc) is 3.13. The molecular formula is C33H35FN2. The number of anilines is 2. The van der Waals surface area contributed by atoms with Crippen molar-refractivity contribution in [2.45, 2.75) is 59.3 Å². The Balaban J connectivity index is 1.77. The van der Waals surface area contributed by atoms with Crippen molar-refractivity contribution in [2.75, 3.05) is 5.32 Å². The van der Waals surface area contributed by atoms with Crippen LogP contribution in [0.5, 0.6) is 0 Å². The minimum absolute atomic E-state index is 0.0183. The summed E-state index contributed by atoms with van der Waals surface area (Å²) in [5, 5.41) is 5.68. The summed E-state index contributed by atoms with van der Waals surface area (Å²) >= 11 is 0. The van der Waals surface area contributed by atoms with E-state index in [4.69, 9.17) is 0 Å². The number of para-hydroxylation sites is 1. The Bertz CT molecular complexity index is 1560. The van der Waals surface area contributed by atoms with Gasteiger partial charge in [0.15, 0.2) is 0 Å². The molecule has 0 unspecified atom stereocenters. The summed E-state index contributed by atoms with van der Waals surface area (Å²) in [6.07, 6.45) is 0. The summed E-state index contributed by atoms with van der Waals surface area (Å²) in [6.45, 7) is 15.5. The van der Waals surface area contributed by atoms with Crippen LogP contribution >= 0.6 is 0 Å². The van der Waals surface area contributed by atoms with Gasteiger partial charge in [-0.3, -0.25) is 0 Å². The fourth-order valence-electron chi connectivity index (χ4n) is 4.81. The van der Waals surface area contributed by atoms with Crippen molar-refractivity contribution < 1.29 is 4.39 Å². The minimum atomic E-state index is -0.247. The van der Waals surface area contributed by atoms with E-state index in [2.05, 4.69) is 106 Å². The Hall–Kier alpha value is -3.59. The van der Waals surface area contributed by atoms with E-state index in [0.717, 1.165) is 28.0 Å². The molecule has 0 bridgehead atoms. The van der Waals surface area contributed by atoms with Gasteiger partial charge in [-0.05, 0) is 76.9 Å². The zero-order chi connectivity index (χ0) is 25.8. The Labute approximate surface area is 213 Å². The number of benzene rings is 4. The first kappa shape index (κ1) is 24.1. The third kappa shape index (κ3) is 4.39. The highest BCUT2D eigenvalue weighted by molar-refractivity contribution is 6.10. The lowest BCUT2D eigenvalue weighted by Crippen LogP contribution is -2.17. The van der Waals surface area contributed by atoms with Gasteiger partial charge in [0.05, 0.1) is 16.7 Å². The number of fused-ring (bicyclic) bond motifs is 3. The summed E-state index contributed by atoms with van der Waals surface area (Å²) in [4.78, 5) is 0. The van der Waals surface area contributed by atoms with Gasteiger partial charge < -0.3 is 9.88 Å². The SMILES string of the molecule is Cc1ccc(Nc2ccc3c4ccccc4n(-c4cc(C(C)(C)C)cc(C(C)(C)C)c4)c3c2)c(F)c1. The highest BCUT2D eigenvalue weighted by atomic mass is 19.1. The predicted molar refractivity (Wildman–Crippen MR) is 153 cm³/mol. The summed E-state index contributed by atoms with van der Waals surface area (Å²) in [5.74, 6) is -0.247. The standard InChI is InChI=1S/C33H35FN2/c1-21-12-15-29(28(34)16-21)35-24-13-14-27-26-10-8-9-11-30(26)36(31(27)20-24)25-18-22(32(2,3)4)17-23(19-25)33(5,6)7/h8-20,35H,1-7H3. The summed E-state index contributed by atoms with van der Waals surface area (Å²) in [6, 6.07) is 27.1. The quantitative estimate of drug-likeness (QED) is 0.273. The lowest BCUT2D eigenvalue weighted by molar-refractivity contribution is 0.568. The molecule has 5 aromatic rings. The lowest BCUT2D eigenvalue weighted by Gasteiger charge is -2.26. The largest absolute Gasteiger partial charge is 0.353 e. The second-order valence-corrected chi connectivity index (χ2v) is 12.0. The van der Waals surface area contributed by atoms with Crippen molar-refractivity contribution >= 4 is 33.2 Å². The van der Waals surface area contributed by atoms with Crippen LogP contribution in [0.25, 0.3) is 27.5 Å². The molecule has 36 heavy (non-hydrogen) atoms. The van der Waals surface area contributed by atoms with Crippen molar-refractivity contribution in [3.8, 4) is 5.69 Å². The maximum absolute atomic E-state index is 14.6. The van der Waals surface area contributed by atoms with Crippen molar-refractivity contribution in [1.29, 1.82) is 0 Å². The molecule has 0 aliphatic carbocycles. The van der Waals surface area contributed by atoms with Gasteiger partial charge in [0.25, 0.3) is 0 Å². The summed E-state index contributed by atoms with van der Waals surface area (Å²) in [7, 11) is 0. The Morgan fingerprint density at radius 1 is 0.667 bits per heavy atom. The molecule has 1 aromatic heterocycles. The van der Waals surface area contributed by atoms with Gasteiger partial charge in [-0.15, -0.1) is 0 Å². The van der Waals surface area contributed by atoms with Crippen LogP contribution in [0.3, 0.4) is 0 Å². The molecule has 0 spiro atoms. The van der Waals surface area contributed by atoms with Crippen LogP contribution in [0.15, 0.2) is 78.9 Å². The van der Waals surface area contributed by atoms with Crippen LogP contribution in [0.4, 0.5) is 15.8 Å². The molecule has 3 heteroatoms. The topological polar surface area (TPSA) is 17.0 Å². The first-order chi connectivity index (χ1) is 16.9.